The van der Waals surface area contributed by atoms with Crippen LogP contribution in [0.3, 0.4) is 0 Å². The summed E-state index contributed by atoms with van der Waals surface area (Å²) in [5, 5.41) is 11.3. The Labute approximate surface area is 77.5 Å². The lowest BCUT2D eigenvalue weighted by Gasteiger charge is -1.96. The minimum Gasteiger partial charge on any atom is -0.366 e. The molecule has 0 fully saturated rings. The van der Waals surface area contributed by atoms with Crippen molar-refractivity contribution in [1.82, 2.24) is 24.5 Å². The van der Waals surface area contributed by atoms with E-state index in [1.807, 2.05) is 6.92 Å². The molecule has 2 rings (SSSR count). The molecule has 0 atom stereocenters. The fourth-order valence-electron chi connectivity index (χ4n) is 0.895. The predicted octanol–water partition coefficient (Wildman–Crippen LogP) is -0.599. The number of aromatic nitrogens is 5. The number of hydrogen-bond donors (Lipinski definition) is 2. The van der Waals surface area contributed by atoms with Gasteiger partial charge < -0.3 is 11.6 Å². The van der Waals surface area contributed by atoms with Crippen molar-refractivity contribution in [3.63, 3.8) is 0 Å². The van der Waals surface area contributed by atoms with Gasteiger partial charge in [-0.25, -0.2) is 4.68 Å². The van der Waals surface area contributed by atoms with Crippen molar-refractivity contribution < 1.29 is 0 Å². The first-order valence-corrected chi connectivity index (χ1v) is 4.23. The van der Waals surface area contributed by atoms with Crippen LogP contribution >= 0.6 is 11.5 Å². The second kappa shape index (κ2) is 2.66. The molecule has 4 N–H and O–H groups in total. The zero-order valence-corrected chi connectivity index (χ0v) is 7.62. The molecule has 2 aromatic heterocycles. The average Bonchev–Trinajstić information content (AvgIpc) is 2.62. The Kier molecular flexibility index (Phi) is 1.62. The van der Waals surface area contributed by atoms with Gasteiger partial charge in [-0.2, -0.15) is 0 Å². The molecule has 2 heterocycles. The van der Waals surface area contributed by atoms with Crippen LogP contribution in [0.4, 0.5) is 5.95 Å². The molecule has 0 spiro atoms. The second-order valence-electron chi connectivity index (χ2n) is 2.44. The van der Waals surface area contributed by atoms with Gasteiger partial charge in [0.2, 0.25) is 5.95 Å². The third kappa shape index (κ3) is 1.11. The number of nitrogens with two attached hydrogens (primary N) is 2. The van der Waals surface area contributed by atoms with Crippen molar-refractivity contribution >= 4 is 17.5 Å². The summed E-state index contributed by atoms with van der Waals surface area (Å²) in [4.78, 5) is 0.784. The zero-order chi connectivity index (χ0) is 9.42. The summed E-state index contributed by atoms with van der Waals surface area (Å²) in [5.41, 5.74) is 6.19. The van der Waals surface area contributed by atoms with Gasteiger partial charge in [0.15, 0.2) is 5.82 Å². The smallest absolute Gasteiger partial charge is 0.241 e. The van der Waals surface area contributed by atoms with Crippen LogP contribution in [-0.2, 0) is 0 Å². The van der Waals surface area contributed by atoms with Crippen LogP contribution in [0, 0.1) is 6.92 Å². The van der Waals surface area contributed by atoms with E-state index in [4.69, 9.17) is 11.6 Å². The van der Waals surface area contributed by atoms with Gasteiger partial charge in [0.1, 0.15) is 4.88 Å². The summed E-state index contributed by atoms with van der Waals surface area (Å²) < 4.78 is 4.97. The Morgan fingerprint density at radius 1 is 1.31 bits per heavy atom. The molecule has 8 heteroatoms. The van der Waals surface area contributed by atoms with E-state index in [0.717, 1.165) is 10.6 Å². The third-order valence-corrected chi connectivity index (χ3v) is 2.40. The predicted molar refractivity (Wildman–Crippen MR) is 48.2 cm³/mol. The van der Waals surface area contributed by atoms with E-state index in [-0.39, 0.29) is 5.95 Å². The molecule has 0 saturated carbocycles. The second-order valence-corrected chi connectivity index (χ2v) is 3.19. The standard InChI is InChI=1S/C5H7N7S/c1-2-3(13-11-8-2)4-9-10-5(6)12(4)7/h7H2,1H3,(H2,6,10). The highest BCUT2D eigenvalue weighted by Crippen LogP contribution is 2.22. The van der Waals surface area contributed by atoms with Crippen molar-refractivity contribution in [3.8, 4) is 10.7 Å². The summed E-state index contributed by atoms with van der Waals surface area (Å²) in [7, 11) is 0. The monoisotopic (exact) mass is 197 g/mol. The topological polar surface area (TPSA) is 109 Å². The van der Waals surface area contributed by atoms with Crippen molar-refractivity contribution in [1.29, 1.82) is 0 Å². The van der Waals surface area contributed by atoms with Crippen LogP contribution in [0.5, 0.6) is 0 Å². The van der Waals surface area contributed by atoms with E-state index in [0.29, 0.717) is 5.82 Å². The number of aryl methyl sites for hydroxylation is 1. The van der Waals surface area contributed by atoms with Crippen LogP contribution < -0.4 is 11.6 Å². The lowest BCUT2D eigenvalue weighted by atomic mass is 10.4. The fourth-order valence-corrected chi connectivity index (χ4v) is 1.53. The number of rotatable bonds is 1. The Hall–Kier alpha value is -1.70. The maximum absolute atomic E-state index is 5.58. The molecular weight excluding hydrogens is 190 g/mol. The Morgan fingerprint density at radius 3 is 2.54 bits per heavy atom. The first-order chi connectivity index (χ1) is 6.20. The molecule has 0 aliphatic rings. The zero-order valence-electron chi connectivity index (χ0n) is 6.80. The van der Waals surface area contributed by atoms with E-state index >= 15 is 0 Å². The number of hydrogen-bond acceptors (Lipinski definition) is 7. The first-order valence-electron chi connectivity index (χ1n) is 3.45. The summed E-state index contributed by atoms with van der Waals surface area (Å²) >= 11 is 1.21. The van der Waals surface area contributed by atoms with Gasteiger partial charge in [0, 0.05) is 0 Å². The van der Waals surface area contributed by atoms with Crippen molar-refractivity contribution in [2.75, 3.05) is 11.6 Å². The largest absolute Gasteiger partial charge is 0.366 e. The molecule has 0 saturated heterocycles. The number of nitrogen functional groups attached to an aromatic ring is 2. The van der Waals surface area contributed by atoms with E-state index in [2.05, 4.69) is 19.8 Å². The highest BCUT2D eigenvalue weighted by Gasteiger charge is 2.14. The molecule has 68 valence electrons. The van der Waals surface area contributed by atoms with Gasteiger partial charge >= 0.3 is 0 Å². The molecule has 0 unspecified atom stereocenters. The van der Waals surface area contributed by atoms with Crippen molar-refractivity contribution in [3.05, 3.63) is 5.69 Å². The summed E-state index contributed by atoms with van der Waals surface area (Å²) in [5.74, 6) is 6.24. The van der Waals surface area contributed by atoms with Gasteiger partial charge in [0.05, 0.1) is 5.69 Å². The highest BCUT2D eigenvalue weighted by atomic mass is 32.1. The molecule has 0 amide bonds. The molecular formula is C5H7N7S. The molecule has 0 radical (unpaired) electrons. The summed E-state index contributed by atoms with van der Waals surface area (Å²) in [6, 6.07) is 0. The van der Waals surface area contributed by atoms with Gasteiger partial charge in [0.25, 0.3) is 0 Å². The van der Waals surface area contributed by atoms with E-state index in [9.17, 15) is 0 Å². The maximum Gasteiger partial charge on any atom is 0.241 e. The van der Waals surface area contributed by atoms with Gasteiger partial charge in [-0.1, -0.05) is 4.49 Å². The summed E-state index contributed by atoms with van der Waals surface area (Å²) in [6.45, 7) is 1.82. The molecule has 0 aliphatic carbocycles. The quantitative estimate of drug-likeness (QED) is 0.591. The first kappa shape index (κ1) is 7.92. The summed E-state index contributed by atoms with van der Waals surface area (Å²) in [6.07, 6.45) is 0. The molecule has 0 bridgehead atoms. The van der Waals surface area contributed by atoms with Crippen LogP contribution in [0.1, 0.15) is 5.69 Å². The highest BCUT2D eigenvalue weighted by molar-refractivity contribution is 7.09. The van der Waals surface area contributed by atoms with Crippen LogP contribution in [-0.4, -0.2) is 24.5 Å². The molecule has 0 aromatic carbocycles. The van der Waals surface area contributed by atoms with E-state index in [1.165, 1.54) is 16.2 Å². The third-order valence-electron chi connectivity index (χ3n) is 1.58. The Bertz CT molecular complexity index is 430. The molecule has 0 aliphatic heterocycles. The maximum atomic E-state index is 5.58. The Balaban J connectivity index is 2.59. The minimum absolute atomic E-state index is 0.169. The van der Waals surface area contributed by atoms with Gasteiger partial charge in [-0.05, 0) is 18.5 Å². The molecule has 2 aromatic rings. The van der Waals surface area contributed by atoms with Crippen molar-refractivity contribution in [2.24, 2.45) is 0 Å². The van der Waals surface area contributed by atoms with E-state index < -0.39 is 0 Å². The lowest BCUT2D eigenvalue weighted by Crippen LogP contribution is -2.13. The minimum atomic E-state index is 0.169. The van der Waals surface area contributed by atoms with E-state index in [1.54, 1.807) is 0 Å². The van der Waals surface area contributed by atoms with Crippen LogP contribution in [0.2, 0.25) is 0 Å². The lowest BCUT2D eigenvalue weighted by molar-refractivity contribution is 1.02. The fraction of sp³-hybridized carbons (Fsp3) is 0.200. The molecule has 7 nitrogen and oxygen atoms in total. The van der Waals surface area contributed by atoms with Crippen LogP contribution in [0.15, 0.2) is 0 Å². The van der Waals surface area contributed by atoms with Crippen molar-refractivity contribution in [2.45, 2.75) is 6.92 Å². The number of nitrogens with zero attached hydrogens (tertiary/aromatic N) is 5. The SMILES string of the molecule is Cc1nnsc1-c1nnc(N)n1N. The number of anilines is 1. The van der Waals surface area contributed by atoms with Crippen LogP contribution in [0.25, 0.3) is 10.7 Å². The molecule has 13 heavy (non-hydrogen) atoms. The Morgan fingerprint density at radius 2 is 2.08 bits per heavy atom. The van der Waals surface area contributed by atoms with Gasteiger partial charge in [-0.3, -0.25) is 0 Å². The average molecular weight is 197 g/mol. The normalized spacial score (nSPS) is 10.5. The van der Waals surface area contributed by atoms with Gasteiger partial charge in [-0.15, -0.1) is 15.3 Å².